The molecule has 0 amide bonds. The molecule has 0 unspecified atom stereocenters. The Morgan fingerprint density at radius 3 is 2.74 bits per heavy atom. The van der Waals surface area contributed by atoms with Gasteiger partial charge >= 0.3 is 11.9 Å². The summed E-state index contributed by atoms with van der Waals surface area (Å²) in [4.78, 5) is 35.3. The van der Waals surface area contributed by atoms with Gasteiger partial charge in [-0.15, -0.1) is 0 Å². The van der Waals surface area contributed by atoms with Gasteiger partial charge in [-0.1, -0.05) is 6.58 Å². The highest BCUT2D eigenvalue weighted by Gasteiger charge is 2.34. The van der Waals surface area contributed by atoms with Crippen molar-refractivity contribution < 1.29 is 29.0 Å². The third kappa shape index (κ3) is 3.76. The van der Waals surface area contributed by atoms with Gasteiger partial charge < -0.3 is 14.6 Å². The monoisotopic (exact) mass is 320 g/mol. The number of ketones is 1. The van der Waals surface area contributed by atoms with E-state index < -0.39 is 30.8 Å². The molecule has 2 atom stereocenters. The van der Waals surface area contributed by atoms with E-state index in [4.69, 9.17) is 9.47 Å². The first-order valence-electron chi connectivity index (χ1n) is 7.43. The van der Waals surface area contributed by atoms with Crippen LogP contribution in [0.25, 0.3) is 0 Å². The summed E-state index contributed by atoms with van der Waals surface area (Å²) >= 11 is 0. The number of ether oxygens (including phenoxy) is 2. The molecule has 0 aromatic rings. The van der Waals surface area contributed by atoms with Gasteiger partial charge in [0.2, 0.25) is 0 Å². The molecule has 0 aromatic carbocycles. The van der Waals surface area contributed by atoms with Crippen LogP contribution in [0.15, 0.2) is 34.9 Å². The first-order valence-corrected chi connectivity index (χ1v) is 7.43. The maximum absolute atomic E-state index is 12.2. The van der Waals surface area contributed by atoms with Crippen LogP contribution < -0.4 is 0 Å². The van der Waals surface area contributed by atoms with Crippen molar-refractivity contribution in [3.63, 3.8) is 0 Å². The second-order valence-corrected chi connectivity index (χ2v) is 5.73. The molecule has 6 nitrogen and oxygen atoms in total. The van der Waals surface area contributed by atoms with Crippen LogP contribution in [0.2, 0.25) is 0 Å². The molecule has 0 saturated carbocycles. The minimum atomic E-state index is -0.715. The molecule has 0 spiro atoms. The summed E-state index contributed by atoms with van der Waals surface area (Å²) in [6, 6.07) is 0. The van der Waals surface area contributed by atoms with E-state index in [0.29, 0.717) is 29.6 Å². The minimum Gasteiger partial charge on any atom is -0.458 e. The standard InChI is InChI=1S/C17H20O6/c1-9-4-5-12-13(8-18)17(21)23-16(12)6-10(2)15(7-14(9)20)22-11(3)19/h6,15-16,18H,1,4-5,7-8H2,2-3H3/b10-6+/t15-,16+/m1/s1. The lowest BCUT2D eigenvalue weighted by molar-refractivity contribution is -0.146. The number of allylic oxidation sites excluding steroid dienone is 1. The summed E-state index contributed by atoms with van der Waals surface area (Å²) in [6.07, 6.45) is 1.15. The second kappa shape index (κ2) is 6.91. The normalized spacial score (nSPS) is 28.0. The molecule has 23 heavy (non-hydrogen) atoms. The maximum atomic E-state index is 12.2. The summed E-state index contributed by atoms with van der Waals surface area (Å²) in [5.74, 6) is -1.23. The van der Waals surface area contributed by atoms with E-state index in [1.165, 1.54) is 6.92 Å². The highest BCUT2D eigenvalue weighted by Crippen LogP contribution is 2.31. The lowest BCUT2D eigenvalue weighted by atomic mass is 9.90. The molecule has 1 heterocycles. The van der Waals surface area contributed by atoms with Crippen molar-refractivity contribution in [2.45, 2.75) is 45.3 Å². The second-order valence-electron chi connectivity index (χ2n) is 5.73. The number of hydrogen-bond acceptors (Lipinski definition) is 6. The lowest BCUT2D eigenvalue weighted by Gasteiger charge is -2.21. The Balaban J connectivity index is 2.43. The Labute approximate surface area is 134 Å². The fourth-order valence-electron chi connectivity index (χ4n) is 2.73. The minimum absolute atomic E-state index is 0.0211. The largest absolute Gasteiger partial charge is 0.458 e. The average Bonchev–Trinajstić information content (AvgIpc) is 2.77. The molecular formula is C17H20O6. The average molecular weight is 320 g/mol. The Bertz CT molecular complexity index is 625. The topological polar surface area (TPSA) is 89.9 Å². The maximum Gasteiger partial charge on any atom is 0.337 e. The van der Waals surface area contributed by atoms with E-state index >= 15 is 0 Å². The summed E-state index contributed by atoms with van der Waals surface area (Å²) in [5.41, 5.74) is 1.90. The number of esters is 2. The molecule has 1 aliphatic heterocycles. The quantitative estimate of drug-likeness (QED) is 0.470. The van der Waals surface area contributed by atoms with Crippen LogP contribution in [0.3, 0.4) is 0 Å². The third-order valence-electron chi connectivity index (χ3n) is 4.06. The smallest absolute Gasteiger partial charge is 0.337 e. The van der Waals surface area contributed by atoms with Crippen LogP contribution in [0.4, 0.5) is 0 Å². The van der Waals surface area contributed by atoms with Crippen LogP contribution in [0.1, 0.15) is 33.1 Å². The zero-order valence-electron chi connectivity index (χ0n) is 13.3. The summed E-state index contributed by atoms with van der Waals surface area (Å²) in [6.45, 7) is 6.35. The van der Waals surface area contributed by atoms with E-state index in [2.05, 4.69) is 6.58 Å². The SMILES string of the molecule is C=C1CCC2=C(CO)C(=O)O[C@H]2/C=C(\C)[C@H](OC(C)=O)CC1=O. The summed E-state index contributed by atoms with van der Waals surface area (Å²) in [5, 5.41) is 9.38. The molecule has 2 rings (SSSR count). The van der Waals surface area contributed by atoms with Crippen molar-refractivity contribution in [1.82, 2.24) is 0 Å². The van der Waals surface area contributed by atoms with E-state index in [0.717, 1.165) is 0 Å². The number of Topliss-reactive ketones (excluding diaryl/α,β-unsaturated/α-hetero) is 1. The van der Waals surface area contributed by atoms with Crippen molar-refractivity contribution in [2.24, 2.45) is 0 Å². The summed E-state index contributed by atoms with van der Waals surface area (Å²) < 4.78 is 10.5. The third-order valence-corrected chi connectivity index (χ3v) is 4.06. The van der Waals surface area contributed by atoms with E-state index in [9.17, 15) is 19.5 Å². The molecule has 0 fully saturated rings. The van der Waals surface area contributed by atoms with Crippen molar-refractivity contribution in [3.8, 4) is 0 Å². The Hall–Kier alpha value is -2.21. The fourth-order valence-corrected chi connectivity index (χ4v) is 2.73. The zero-order chi connectivity index (χ0) is 17.1. The number of carbonyl (C=O) groups excluding carboxylic acids is 3. The number of hydrogen-bond donors (Lipinski definition) is 1. The highest BCUT2D eigenvalue weighted by molar-refractivity contribution is 5.96. The van der Waals surface area contributed by atoms with Gasteiger partial charge in [-0.05, 0) is 42.6 Å². The van der Waals surface area contributed by atoms with Crippen molar-refractivity contribution >= 4 is 17.7 Å². The van der Waals surface area contributed by atoms with E-state index in [1.54, 1.807) is 13.0 Å². The first-order chi connectivity index (χ1) is 10.8. The molecule has 1 aliphatic carbocycles. The summed E-state index contributed by atoms with van der Waals surface area (Å²) in [7, 11) is 0. The van der Waals surface area contributed by atoms with Crippen molar-refractivity contribution in [2.75, 3.05) is 6.61 Å². The van der Waals surface area contributed by atoms with Crippen molar-refractivity contribution in [1.29, 1.82) is 0 Å². The van der Waals surface area contributed by atoms with Gasteiger partial charge in [0.25, 0.3) is 0 Å². The Kier molecular flexibility index (Phi) is 5.15. The van der Waals surface area contributed by atoms with Crippen LogP contribution in [-0.4, -0.2) is 41.6 Å². The molecule has 2 aliphatic rings. The van der Waals surface area contributed by atoms with Crippen molar-refractivity contribution in [3.05, 3.63) is 34.9 Å². The van der Waals surface area contributed by atoms with Gasteiger partial charge in [0.15, 0.2) is 5.78 Å². The van der Waals surface area contributed by atoms with Gasteiger partial charge in [0, 0.05) is 6.92 Å². The Morgan fingerprint density at radius 2 is 2.13 bits per heavy atom. The highest BCUT2D eigenvalue weighted by atomic mass is 16.6. The molecule has 6 heteroatoms. The molecular weight excluding hydrogens is 300 g/mol. The molecule has 0 aromatic heterocycles. The van der Waals surface area contributed by atoms with Gasteiger partial charge in [-0.3, -0.25) is 9.59 Å². The van der Waals surface area contributed by atoms with Crippen LogP contribution in [-0.2, 0) is 23.9 Å². The number of fused-ring (bicyclic) bond motifs is 1. The van der Waals surface area contributed by atoms with Crippen LogP contribution in [0, 0.1) is 0 Å². The van der Waals surface area contributed by atoms with Gasteiger partial charge in [-0.25, -0.2) is 4.79 Å². The van der Waals surface area contributed by atoms with Crippen LogP contribution in [0.5, 0.6) is 0 Å². The zero-order valence-corrected chi connectivity index (χ0v) is 13.3. The predicted molar refractivity (Wildman–Crippen MR) is 81.3 cm³/mol. The number of carbonyl (C=O) groups is 3. The molecule has 0 radical (unpaired) electrons. The van der Waals surface area contributed by atoms with E-state index in [1.807, 2.05) is 0 Å². The molecule has 0 bridgehead atoms. The molecule has 1 N–H and O–H groups in total. The Morgan fingerprint density at radius 1 is 1.43 bits per heavy atom. The molecule has 124 valence electrons. The van der Waals surface area contributed by atoms with Gasteiger partial charge in [0.1, 0.15) is 12.2 Å². The predicted octanol–water partition coefficient (Wildman–Crippen LogP) is 1.39. The fraction of sp³-hybridized carbons (Fsp3) is 0.471. The lowest BCUT2D eigenvalue weighted by Crippen LogP contribution is -2.24. The number of aliphatic hydroxyl groups excluding tert-OH is 1. The van der Waals surface area contributed by atoms with E-state index in [-0.39, 0.29) is 17.8 Å². The number of rotatable bonds is 2. The van der Waals surface area contributed by atoms with Gasteiger partial charge in [0.05, 0.1) is 18.6 Å². The van der Waals surface area contributed by atoms with Crippen LogP contribution >= 0.6 is 0 Å². The molecule has 0 saturated heterocycles. The first kappa shape index (κ1) is 17.1. The number of aliphatic hydroxyl groups is 1. The van der Waals surface area contributed by atoms with Gasteiger partial charge in [-0.2, -0.15) is 0 Å².